The van der Waals surface area contributed by atoms with Gasteiger partial charge in [-0.25, -0.2) is 8.42 Å². The van der Waals surface area contributed by atoms with E-state index in [2.05, 4.69) is 4.72 Å². The predicted molar refractivity (Wildman–Crippen MR) is 90.2 cm³/mol. The van der Waals surface area contributed by atoms with E-state index in [0.717, 1.165) is 5.56 Å². The molecule has 1 heterocycles. The van der Waals surface area contributed by atoms with Gasteiger partial charge in [0.25, 0.3) is 10.0 Å². The summed E-state index contributed by atoms with van der Waals surface area (Å²) >= 11 is 0. The Kier molecular flexibility index (Phi) is 4.48. The molecule has 0 atom stereocenters. The standard InChI is InChI=1S/C15H16BFN2O4S/c17-6-5-10-7-12(18)2-4-15(10)24(21,22)19-13-3-1-11-9-23-16(20)14(11)8-13/h1-4,7-8,19-20H,5-6,9,18H2. The van der Waals surface area contributed by atoms with E-state index in [1.54, 1.807) is 12.1 Å². The largest absolute Gasteiger partial charge is 0.491 e. The Morgan fingerprint density at radius 1 is 1.29 bits per heavy atom. The number of nitrogen functional groups attached to an aromatic ring is 1. The minimum absolute atomic E-state index is 0.0216. The lowest BCUT2D eigenvalue weighted by atomic mass is 9.79. The predicted octanol–water partition coefficient (Wildman–Crippen LogP) is 0.799. The first-order chi connectivity index (χ1) is 11.4. The first-order valence-corrected chi connectivity index (χ1v) is 8.79. The van der Waals surface area contributed by atoms with Crippen molar-refractivity contribution in [2.45, 2.75) is 17.9 Å². The van der Waals surface area contributed by atoms with Crippen molar-refractivity contribution >= 4 is 34.0 Å². The minimum atomic E-state index is -3.91. The van der Waals surface area contributed by atoms with Crippen LogP contribution in [0.1, 0.15) is 11.1 Å². The van der Waals surface area contributed by atoms with Crippen LogP contribution in [0.3, 0.4) is 0 Å². The topological polar surface area (TPSA) is 102 Å². The first-order valence-electron chi connectivity index (χ1n) is 7.30. The van der Waals surface area contributed by atoms with Crippen LogP contribution in [-0.4, -0.2) is 27.2 Å². The maximum atomic E-state index is 12.7. The highest BCUT2D eigenvalue weighted by Crippen LogP contribution is 2.23. The average Bonchev–Trinajstić information content (AvgIpc) is 2.88. The van der Waals surface area contributed by atoms with Crippen molar-refractivity contribution in [3.63, 3.8) is 0 Å². The minimum Gasteiger partial charge on any atom is -0.423 e. The monoisotopic (exact) mass is 350 g/mol. The van der Waals surface area contributed by atoms with Gasteiger partial charge in [0.2, 0.25) is 0 Å². The molecule has 0 spiro atoms. The van der Waals surface area contributed by atoms with E-state index in [4.69, 9.17) is 10.4 Å². The molecule has 0 radical (unpaired) electrons. The zero-order chi connectivity index (χ0) is 17.3. The number of aryl methyl sites for hydroxylation is 1. The van der Waals surface area contributed by atoms with Gasteiger partial charge in [-0.1, -0.05) is 6.07 Å². The van der Waals surface area contributed by atoms with Crippen molar-refractivity contribution in [1.29, 1.82) is 0 Å². The number of benzene rings is 2. The highest BCUT2D eigenvalue weighted by Gasteiger charge is 2.28. The molecule has 0 aromatic heterocycles. The molecule has 126 valence electrons. The van der Waals surface area contributed by atoms with E-state index < -0.39 is 23.8 Å². The second-order valence-corrected chi connectivity index (χ2v) is 7.14. The summed E-state index contributed by atoms with van der Waals surface area (Å²) in [6, 6.07) is 9.06. The Hall–Kier alpha value is -2.10. The smallest absolute Gasteiger partial charge is 0.423 e. The van der Waals surface area contributed by atoms with Crippen LogP contribution < -0.4 is 15.9 Å². The number of alkyl halides is 1. The molecule has 3 rings (SSSR count). The zero-order valence-electron chi connectivity index (χ0n) is 12.7. The Morgan fingerprint density at radius 2 is 2.08 bits per heavy atom. The number of rotatable bonds is 5. The van der Waals surface area contributed by atoms with Gasteiger partial charge in [-0.3, -0.25) is 9.11 Å². The summed E-state index contributed by atoms with van der Waals surface area (Å²) in [6.07, 6.45) is -0.0436. The second kappa shape index (κ2) is 6.42. The van der Waals surface area contributed by atoms with Crippen molar-refractivity contribution in [1.82, 2.24) is 0 Å². The van der Waals surface area contributed by atoms with Crippen molar-refractivity contribution in [3.05, 3.63) is 47.5 Å². The highest BCUT2D eigenvalue weighted by molar-refractivity contribution is 7.92. The number of halogens is 1. The molecule has 0 saturated heterocycles. The molecule has 2 aromatic rings. The maximum Gasteiger partial charge on any atom is 0.491 e. The molecule has 2 aromatic carbocycles. The number of hydrogen-bond donors (Lipinski definition) is 3. The molecule has 0 bridgehead atoms. The lowest BCUT2D eigenvalue weighted by Gasteiger charge is -2.13. The van der Waals surface area contributed by atoms with Crippen LogP contribution in [0.4, 0.5) is 15.8 Å². The van der Waals surface area contributed by atoms with Gasteiger partial charge in [-0.05, 0) is 46.9 Å². The average molecular weight is 350 g/mol. The SMILES string of the molecule is Nc1ccc(S(=O)(=O)Nc2ccc3c(c2)B(O)OC3)c(CCF)c1. The number of fused-ring (bicyclic) bond motifs is 1. The van der Waals surface area contributed by atoms with Crippen LogP contribution >= 0.6 is 0 Å². The van der Waals surface area contributed by atoms with Crippen molar-refractivity contribution in [2.24, 2.45) is 0 Å². The first kappa shape index (κ1) is 16.8. The van der Waals surface area contributed by atoms with E-state index in [1.165, 1.54) is 24.3 Å². The van der Waals surface area contributed by atoms with Gasteiger partial charge >= 0.3 is 7.12 Å². The molecule has 9 heteroatoms. The summed E-state index contributed by atoms with van der Waals surface area (Å²) in [7, 11) is -4.98. The van der Waals surface area contributed by atoms with Gasteiger partial charge in [0.1, 0.15) is 0 Å². The number of nitrogens with two attached hydrogens (primary N) is 1. The lowest BCUT2D eigenvalue weighted by molar-refractivity contribution is 0.275. The molecule has 0 amide bonds. The fraction of sp³-hybridized carbons (Fsp3) is 0.200. The molecule has 0 saturated carbocycles. The molecule has 1 aliphatic rings. The van der Waals surface area contributed by atoms with Crippen LogP contribution in [0.15, 0.2) is 41.3 Å². The van der Waals surface area contributed by atoms with Crippen LogP contribution in [0, 0.1) is 0 Å². The van der Waals surface area contributed by atoms with Gasteiger partial charge < -0.3 is 15.4 Å². The number of sulfonamides is 1. The number of nitrogens with one attached hydrogen (secondary N) is 1. The van der Waals surface area contributed by atoms with Crippen LogP contribution in [-0.2, 0) is 27.7 Å². The molecule has 0 fully saturated rings. The Morgan fingerprint density at radius 3 is 2.83 bits per heavy atom. The fourth-order valence-corrected chi connectivity index (χ4v) is 3.95. The van der Waals surface area contributed by atoms with Crippen molar-refractivity contribution in [3.8, 4) is 0 Å². The highest BCUT2D eigenvalue weighted by atomic mass is 32.2. The molecule has 0 unspecified atom stereocenters. The third-order valence-corrected chi connectivity index (χ3v) is 5.28. The van der Waals surface area contributed by atoms with Crippen LogP contribution in [0.5, 0.6) is 0 Å². The van der Waals surface area contributed by atoms with E-state index in [-0.39, 0.29) is 17.9 Å². The summed E-state index contributed by atoms with van der Waals surface area (Å²) in [5, 5.41) is 9.71. The van der Waals surface area contributed by atoms with E-state index in [0.29, 0.717) is 22.4 Å². The van der Waals surface area contributed by atoms with Crippen LogP contribution in [0.25, 0.3) is 0 Å². The molecule has 24 heavy (non-hydrogen) atoms. The lowest BCUT2D eigenvalue weighted by Crippen LogP contribution is -2.28. The van der Waals surface area contributed by atoms with Gasteiger partial charge in [-0.2, -0.15) is 0 Å². The number of hydrogen-bond acceptors (Lipinski definition) is 5. The van der Waals surface area contributed by atoms with Crippen molar-refractivity contribution < 1.29 is 22.5 Å². The van der Waals surface area contributed by atoms with Gasteiger partial charge in [0.05, 0.1) is 18.2 Å². The van der Waals surface area contributed by atoms with Gasteiger partial charge in [0.15, 0.2) is 0 Å². The normalized spacial score (nSPS) is 13.8. The third kappa shape index (κ3) is 3.23. The van der Waals surface area contributed by atoms with E-state index >= 15 is 0 Å². The van der Waals surface area contributed by atoms with Gasteiger partial charge in [0, 0.05) is 17.8 Å². The summed E-state index contributed by atoms with van der Waals surface area (Å²) in [5.41, 5.74) is 7.96. The summed E-state index contributed by atoms with van der Waals surface area (Å²) in [4.78, 5) is -0.0216. The summed E-state index contributed by atoms with van der Waals surface area (Å²) in [6.45, 7) is -0.406. The maximum absolute atomic E-state index is 12.7. The quantitative estimate of drug-likeness (QED) is 0.547. The Balaban J connectivity index is 1.94. The number of anilines is 2. The molecular formula is C15H16BFN2O4S. The Labute approximate surface area is 139 Å². The van der Waals surface area contributed by atoms with E-state index in [9.17, 15) is 17.8 Å². The molecule has 0 aliphatic carbocycles. The molecule has 1 aliphatic heterocycles. The van der Waals surface area contributed by atoms with Crippen LogP contribution in [0.2, 0.25) is 0 Å². The summed E-state index contributed by atoms with van der Waals surface area (Å²) in [5.74, 6) is 0. The summed E-state index contributed by atoms with van der Waals surface area (Å²) < 4.78 is 45.5. The van der Waals surface area contributed by atoms with Crippen molar-refractivity contribution in [2.75, 3.05) is 17.1 Å². The molecular weight excluding hydrogens is 334 g/mol. The molecule has 6 nitrogen and oxygen atoms in total. The fourth-order valence-electron chi connectivity index (χ4n) is 2.65. The van der Waals surface area contributed by atoms with Gasteiger partial charge in [-0.15, -0.1) is 0 Å². The van der Waals surface area contributed by atoms with E-state index in [1.807, 2.05) is 0 Å². The third-order valence-electron chi connectivity index (χ3n) is 3.80. The Bertz CT molecular complexity index is 876. The molecule has 4 N–H and O–H groups in total. The zero-order valence-corrected chi connectivity index (χ0v) is 13.5. The second-order valence-electron chi connectivity index (χ2n) is 5.49.